The van der Waals surface area contributed by atoms with Crippen molar-refractivity contribution in [1.29, 1.82) is 0 Å². The number of carbonyl (C=O) groups excluding carboxylic acids is 1. The Bertz CT molecular complexity index is 916. The average molecular weight is 322 g/mol. The third kappa shape index (κ3) is 2.34. The normalized spacial score (nSPS) is 19.9. The number of aromatic hydroxyl groups is 1. The number of benzene rings is 2. The maximum Gasteiger partial charge on any atom is 0.323 e. The molecule has 0 radical (unpaired) electrons. The Labute approximate surface area is 139 Å². The number of hydrogen-bond donors (Lipinski definition) is 3. The molecule has 4 rings (SSSR count). The summed E-state index contributed by atoms with van der Waals surface area (Å²) in [5, 5.41) is 14.3. The number of H-pyrrole nitrogens is 1. The fourth-order valence-corrected chi connectivity index (χ4v) is 3.50. The molecule has 2 aromatic carbocycles. The minimum Gasteiger partial charge on any atom is -0.508 e. The summed E-state index contributed by atoms with van der Waals surface area (Å²) in [7, 11) is 1.40. The van der Waals surface area contributed by atoms with Crippen LogP contribution in [-0.4, -0.2) is 29.2 Å². The molecule has 5 nitrogen and oxygen atoms in total. The molecule has 0 aliphatic carbocycles. The molecule has 122 valence electrons. The van der Waals surface area contributed by atoms with Crippen molar-refractivity contribution in [3.8, 4) is 5.75 Å². The van der Waals surface area contributed by atoms with E-state index in [0.29, 0.717) is 6.42 Å². The first-order valence-corrected chi connectivity index (χ1v) is 7.89. The van der Waals surface area contributed by atoms with Crippen molar-refractivity contribution in [3.05, 3.63) is 65.4 Å². The predicted octanol–water partition coefficient (Wildman–Crippen LogP) is 2.65. The highest BCUT2D eigenvalue weighted by Gasteiger charge is 2.34. The third-order valence-electron chi connectivity index (χ3n) is 4.60. The number of ether oxygens (including phenoxy) is 1. The number of fused-ring (bicyclic) bond motifs is 3. The van der Waals surface area contributed by atoms with Crippen LogP contribution in [-0.2, 0) is 16.0 Å². The number of nitrogens with one attached hydrogen (secondary N) is 2. The molecule has 3 aromatic rings. The summed E-state index contributed by atoms with van der Waals surface area (Å²) in [5.74, 6) is -0.0803. The van der Waals surface area contributed by atoms with Gasteiger partial charge < -0.3 is 14.8 Å². The summed E-state index contributed by atoms with van der Waals surface area (Å²) >= 11 is 0. The average Bonchev–Trinajstić information content (AvgIpc) is 2.99. The molecule has 5 heteroatoms. The van der Waals surface area contributed by atoms with Crippen LogP contribution in [0.4, 0.5) is 0 Å². The molecule has 2 atom stereocenters. The predicted molar refractivity (Wildman–Crippen MR) is 90.9 cm³/mol. The van der Waals surface area contributed by atoms with Crippen molar-refractivity contribution in [2.24, 2.45) is 0 Å². The lowest BCUT2D eigenvalue weighted by atomic mass is 9.90. The van der Waals surface area contributed by atoms with Crippen LogP contribution in [0.15, 0.2) is 48.5 Å². The summed E-state index contributed by atoms with van der Waals surface area (Å²) in [5.41, 5.74) is 4.09. The van der Waals surface area contributed by atoms with Crippen molar-refractivity contribution in [3.63, 3.8) is 0 Å². The number of phenolic OH excluding ortho intramolecular Hbond substituents is 1. The second-order valence-electron chi connectivity index (χ2n) is 6.04. The van der Waals surface area contributed by atoms with Crippen molar-refractivity contribution >= 4 is 16.9 Å². The molecule has 0 spiro atoms. The van der Waals surface area contributed by atoms with E-state index in [2.05, 4.69) is 16.4 Å². The molecule has 0 amide bonds. The van der Waals surface area contributed by atoms with E-state index >= 15 is 0 Å². The smallest absolute Gasteiger partial charge is 0.323 e. The van der Waals surface area contributed by atoms with Crippen LogP contribution >= 0.6 is 0 Å². The van der Waals surface area contributed by atoms with E-state index < -0.39 is 6.04 Å². The van der Waals surface area contributed by atoms with E-state index in [4.69, 9.17) is 4.74 Å². The summed E-state index contributed by atoms with van der Waals surface area (Å²) in [4.78, 5) is 15.6. The van der Waals surface area contributed by atoms with Crippen molar-refractivity contribution < 1.29 is 14.6 Å². The van der Waals surface area contributed by atoms with Gasteiger partial charge in [-0.3, -0.25) is 10.1 Å². The van der Waals surface area contributed by atoms with Crippen molar-refractivity contribution in [2.45, 2.75) is 18.5 Å². The lowest BCUT2D eigenvalue weighted by molar-refractivity contribution is -0.143. The quantitative estimate of drug-likeness (QED) is 0.634. The van der Waals surface area contributed by atoms with Crippen LogP contribution in [0.3, 0.4) is 0 Å². The Morgan fingerprint density at radius 2 is 2.04 bits per heavy atom. The summed E-state index contributed by atoms with van der Waals surface area (Å²) < 4.78 is 4.94. The van der Waals surface area contributed by atoms with Crippen LogP contribution in [0.2, 0.25) is 0 Å². The Balaban J connectivity index is 1.88. The van der Waals surface area contributed by atoms with E-state index in [0.717, 1.165) is 27.7 Å². The Kier molecular flexibility index (Phi) is 3.50. The molecule has 1 aliphatic heterocycles. The van der Waals surface area contributed by atoms with Crippen molar-refractivity contribution in [1.82, 2.24) is 10.3 Å². The van der Waals surface area contributed by atoms with Crippen LogP contribution in [0.5, 0.6) is 5.75 Å². The van der Waals surface area contributed by atoms with Gasteiger partial charge in [-0.05, 0) is 29.3 Å². The van der Waals surface area contributed by atoms with Gasteiger partial charge in [0.25, 0.3) is 0 Å². The molecule has 1 aromatic heterocycles. The number of methoxy groups -OCH3 is 1. The van der Waals surface area contributed by atoms with E-state index in [-0.39, 0.29) is 17.8 Å². The highest BCUT2D eigenvalue weighted by atomic mass is 16.5. The van der Waals surface area contributed by atoms with E-state index in [1.165, 1.54) is 7.11 Å². The number of para-hydroxylation sites is 1. The highest BCUT2D eigenvalue weighted by molar-refractivity contribution is 5.87. The second kappa shape index (κ2) is 5.69. The standard InChI is InChI=1S/C19H18N2O3/c1-24-19(23)16-10-14-13-7-2-3-8-15(13)20-18(14)17(21-16)11-5-4-6-12(22)9-11/h2-9,16-17,20-22H,10H2,1H3. The van der Waals surface area contributed by atoms with Gasteiger partial charge >= 0.3 is 5.97 Å². The van der Waals surface area contributed by atoms with Gasteiger partial charge in [0.05, 0.1) is 13.2 Å². The van der Waals surface area contributed by atoms with E-state index in [9.17, 15) is 9.90 Å². The minimum absolute atomic E-state index is 0.201. The minimum atomic E-state index is -0.422. The summed E-state index contributed by atoms with van der Waals surface area (Å²) in [6, 6.07) is 14.5. The molecule has 2 unspecified atom stereocenters. The largest absolute Gasteiger partial charge is 0.508 e. The first-order valence-electron chi connectivity index (χ1n) is 7.89. The molecule has 0 bridgehead atoms. The molecule has 0 saturated heterocycles. The molecule has 24 heavy (non-hydrogen) atoms. The van der Waals surface area contributed by atoms with Gasteiger partial charge in [-0.1, -0.05) is 30.3 Å². The van der Waals surface area contributed by atoms with Crippen LogP contribution < -0.4 is 5.32 Å². The lowest BCUT2D eigenvalue weighted by Crippen LogP contribution is -2.45. The number of carbonyl (C=O) groups is 1. The molecular weight excluding hydrogens is 304 g/mol. The number of aromatic amines is 1. The first-order chi connectivity index (χ1) is 11.7. The Hall–Kier alpha value is -2.79. The molecule has 0 fully saturated rings. The second-order valence-corrected chi connectivity index (χ2v) is 6.04. The van der Waals surface area contributed by atoms with Gasteiger partial charge in [0.2, 0.25) is 0 Å². The molecule has 1 aliphatic rings. The van der Waals surface area contributed by atoms with Crippen LogP contribution in [0.25, 0.3) is 10.9 Å². The maximum atomic E-state index is 12.1. The molecule has 3 N–H and O–H groups in total. The Morgan fingerprint density at radius 3 is 2.83 bits per heavy atom. The van der Waals surface area contributed by atoms with Gasteiger partial charge in [0, 0.05) is 23.0 Å². The number of aromatic nitrogens is 1. The number of rotatable bonds is 2. The zero-order valence-corrected chi connectivity index (χ0v) is 13.2. The summed E-state index contributed by atoms with van der Waals surface area (Å²) in [6.07, 6.45) is 0.571. The van der Waals surface area contributed by atoms with Crippen molar-refractivity contribution in [2.75, 3.05) is 7.11 Å². The van der Waals surface area contributed by atoms with Gasteiger partial charge in [0.1, 0.15) is 11.8 Å². The van der Waals surface area contributed by atoms with Gasteiger partial charge in [-0.15, -0.1) is 0 Å². The third-order valence-corrected chi connectivity index (χ3v) is 4.60. The maximum absolute atomic E-state index is 12.1. The number of esters is 1. The fourth-order valence-electron chi connectivity index (χ4n) is 3.50. The van der Waals surface area contributed by atoms with Gasteiger partial charge in [-0.2, -0.15) is 0 Å². The SMILES string of the molecule is COC(=O)C1Cc2c([nH]c3ccccc23)C(c2cccc(O)c2)N1. The van der Waals surface area contributed by atoms with Crippen LogP contribution in [0, 0.1) is 0 Å². The van der Waals surface area contributed by atoms with E-state index in [1.807, 2.05) is 24.3 Å². The monoisotopic (exact) mass is 322 g/mol. The van der Waals surface area contributed by atoms with Crippen LogP contribution in [0.1, 0.15) is 22.9 Å². The molecular formula is C19H18N2O3. The fraction of sp³-hybridized carbons (Fsp3) is 0.211. The van der Waals surface area contributed by atoms with E-state index in [1.54, 1.807) is 18.2 Å². The number of hydrogen-bond acceptors (Lipinski definition) is 4. The number of phenols is 1. The first kappa shape index (κ1) is 14.8. The molecule has 2 heterocycles. The topological polar surface area (TPSA) is 74.4 Å². The van der Waals surface area contributed by atoms with Gasteiger partial charge in [-0.25, -0.2) is 0 Å². The summed E-state index contributed by atoms with van der Waals surface area (Å²) in [6.45, 7) is 0. The zero-order chi connectivity index (χ0) is 16.7. The van der Waals surface area contributed by atoms with Gasteiger partial charge in [0.15, 0.2) is 0 Å². The Morgan fingerprint density at radius 1 is 1.21 bits per heavy atom. The highest BCUT2D eigenvalue weighted by Crippen LogP contribution is 2.36. The lowest BCUT2D eigenvalue weighted by Gasteiger charge is -2.30. The zero-order valence-electron chi connectivity index (χ0n) is 13.2. The molecule has 0 saturated carbocycles.